The van der Waals surface area contributed by atoms with E-state index in [1.165, 1.54) is 19.3 Å². The van der Waals surface area contributed by atoms with Crippen molar-refractivity contribution in [2.45, 2.75) is 64.5 Å². The third-order valence-corrected chi connectivity index (χ3v) is 6.90. The van der Waals surface area contributed by atoms with E-state index in [0.717, 1.165) is 60.2 Å². The lowest BCUT2D eigenvalue weighted by atomic mass is 9.95. The van der Waals surface area contributed by atoms with Gasteiger partial charge in [0, 0.05) is 12.1 Å². The number of piperidine rings is 1. The third kappa shape index (κ3) is 3.45. The molecular weight excluding hydrogens is 376 g/mol. The molecule has 158 valence electrons. The van der Waals surface area contributed by atoms with Crippen LogP contribution in [0.3, 0.4) is 0 Å². The van der Waals surface area contributed by atoms with Crippen LogP contribution < -0.4 is 5.56 Å². The number of aromatic amines is 1. The number of hydrogen-bond acceptors (Lipinski definition) is 5. The first kappa shape index (κ1) is 19.4. The highest BCUT2D eigenvalue weighted by molar-refractivity contribution is 5.82. The molecule has 1 aliphatic carbocycles. The van der Waals surface area contributed by atoms with Gasteiger partial charge in [-0.1, -0.05) is 38.0 Å². The molecule has 1 aliphatic heterocycles. The number of nitrogens with one attached hydrogen (secondary N) is 1. The number of likely N-dealkylation sites (tertiary alicyclic amines) is 1. The molecule has 7 nitrogen and oxygen atoms in total. The van der Waals surface area contributed by atoms with E-state index in [4.69, 9.17) is 0 Å². The van der Waals surface area contributed by atoms with Crippen molar-refractivity contribution in [3.63, 3.8) is 0 Å². The Morgan fingerprint density at radius 2 is 2.00 bits per heavy atom. The minimum Gasteiger partial charge on any atom is -0.321 e. The van der Waals surface area contributed by atoms with Crippen LogP contribution in [0.4, 0.5) is 0 Å². The first-order chi connectivity index (χ1) is 14.6. The SMILES string of the molecule is Cc1cccc2cc(C(c3nnnn3C3CCCC3)N3CCCC(C)C3)c(=O)[nH]c12. The van der Waals surface area contributed by atoms with Crippen LogP contribution in [0.5, 0.6) is 0 Å². The van der Waals surface area contributed by atoms with Crippen molar-refractivity contribution in [3.05, 3.63) is 51.6 Å². The zero-order valence-corrected chi connectivity index (χ0v) is 17.8. The largest absolute Gasteiger partial charge is 0.321 e. The Morgan fingerprint density at radius 1 is 1.17 bits per heavy atom. The molecule has 2 unspecified atom stereocenters. The van der Waals surface area contributed by atoms with Crippen molar-refractivity contribution >= 4 is 10.9 Å². The number of benzene rings is 1. The number of nitrogens with zero attached hydrogens (tertiary/aromatic N) is 5. The monoisotopic (exact) mass is 406 g/mol. The van der Waals surface area contributed by atoms with Crippen LogP contribution in [0.15, 0.2) is 29.1 Å². The zero-order valence-electron chi connectivity index (χ0n) is 17.8. The van der Waals surface area contributed by atoms with E-state index in [1.807, 2.05) is 23.7 Å². The number of para-hydroxylation sites is 1. The van der Waals surface area contributed by atoms with Crippen LogP contribution in [-0.4, -0.2) is 43.2 Å². The Bertz CT molecular complexity index is 1100. The molecule has 0 radical (unpaired) electrons. The molecule has 2 aliphatic rings. The molecule has 1 saturated heterocycles. The molecule has 2 atom stereocenters. The molecule has 1 N–H and O–H groups in total. The minimum atomic E-state index is -0.225. The summed E-state index contributed by atoms with van der Waals surface area (Å²) >= 11 is 0. The van der Waals surface area contributed by atoms with Gasteiger partial charge in [-0.15, -0.1) is 5.10 Å². The zero-order chi connectivity index (χ0) is 20.7. The van der Waals surface area contributed by atoms with Crippen molar-refractivity contribution < 1.29 is 0 Å². The van der Waals surface area contributed by atoms with Crippen LogP contribution in [0.1, 0.15) is 74.5 Å². The summed E-state index contributed by atoms with van der Waals surface area (Å²) in [4.78, 5) is 18.9. The average Bonchev–Trinajstić information content (AvgIpc) is 3.41. The number of hydrogen-bond donors (Lipinski definition) is 1. The summed E-state index contributed by atoms with van der Waals surface area (Å²) in [6, 6.07) is 8.30. The first-order valence-corrected chi connectivity index (χ1v) is 11.3. The number of pyridine rings is 1. The number of H-pyrrole nitrogens is 1. The van der Waals surface area contributed by atoms with Gasteiger partial charge in [0.05, 0.1) is 11.6 Å². The summed E-state index contributed by atoms with van der Waals surface area (Å²) in [5.74, 6) is 1.41. The molecule has 7 heteroatoms. The van der Waals surface area contributed by atoms with Gasteiger partial charge in [0.25, 0.3) is 5.56 Å². The molecule has 5 rings (SSSR count). The number of tetrazole rings is 1. The van der Waals surface area contributed by atoms with Gasteiger partial charge in [-0.25, -0.2) is 4.68 Å². The molecule has 2 aromatic heterocycles. The van der Waals surface area contributed by atoms with E-state index >= 15 is 0 Å². The Hall–Kier alpha value is -2.54. The fourth-order valence-electron chi connectivity index (χ4n) is 5.35. The van der Waals surface area contributed by atoms with Gasteiger partial charge in [-0.3, -0.25) is 9.69 Å². The fraction of sp³-hybridized carbons (Fsp3) is 0.565. The highest BCUT2D eigenvalue weighted by Gasteiger charge is 2.34. The molecule has 3 heterocycles. The lowest BCUT2D eigenvalue weighted by Crippen LogP contribution is -2.41. The van der Waals surface area contributed by atoms with Crippen LogP contribution in [0.2, 0.25) is 0 Å². The quantitative estimate of drug-likeness (QED) is 0.714. The first-order valence-electron chi connectivity index (χ1n) is 11.3. The van der Waals surface area contributed by atoms with Gasteiger partial charge in [0.2, 0.25) is 0 Å². The summed E-state index contributed by atoms with van der Waals surface area (Å²) in [7, 11) is 0. The van der Waals surface area contributed by atoms with Gasteiger partial charge in [-0.05, 0) is 72.5 Å². The number of aryl methyl sites for hydroxylation is 1. The van der Waals surface area contributed by atoms with Gasteiger partial charge >= 0.3 is 0 Å². The average molecular weight is 407 g/mol. The lowest BCUT2D eigenvalue weighted by Gasteiger charge is -2.36. The summed E-state index contributed by atoms with van der Waals surface area (Å²) in [6.07, 6.45) is 7.00. The maximum Gasteiger partial charge on any atom is 0.253 e. The lowest BCUT2D eigenvalue weighted by molar-refractivity contribution is 0.139. The standard InChI is InChI=1S/C23H30N6O/c1-15-7-6-12-28(14-15)21(22-25-26-27-29(22)18-10-3-4-11-18)19-13-17-9-5-8-16(2)20(17)24-23(19)30/h5,8-9,13,15,18,21H,3-4,6-7,10-12,14H2,1-2H3,(H,24,30). The maximum absolute atomic E-state index is 13.3. The second-order valence-corrected chi connectivity index (χ2v) is 9.16. The molecule has 0 spiro atoms. The van der Waals surface area contributed by atoms with Crippen molar-refractivity contribution in [2.75, 3.05) is 13.1 Å². The fourth-order valence-corrected chi connectivity index (χ4v) is 5.35. The molecule has 0 amide bonds. The van der Waals surface area contributed by atoms with Gasteiger partial charge in [-0.2, -0.15) is 0 Å². The van der Waals surface area contributed by atoms with E-state index < -0.39 is 0 Å². The van der Waals surface area contributed by atoms with Crippen molar-refractivity contribution in [1.29, 1.82) is 0 Å². The van der Waals surface area contributed by atoms with Crippen LogP contribution in [0.25, 0.3) is 10.9 Å². The molecule has 0 bridgehead atoms. The van der Waals surface area contributed by atoms with Gasteiger partial charge < -0.3 is 4.98 Å². The number of rotatable bonds is 4. The van der Waals surface area contributed by atoms with Gasteiger partial charge in [0.1, 0.15) is 6.04 Å². The Labute approximate surface area is 176 Å². The normalized spacial score (nSPS) is 22.0. The molecule has 3 aromatic rings. The van der Waals surface area contributed by atoms with E-state index in [-0.39, 0.29) is 11.6 Å². The third-order valence-electron chi connectivity index (χ3n) is 6.90. The highest BCUT2D eigenvalue weighted by Crippen LogP contribution is 2.35. The topological polar surface area (TPSA) is 79.7 Å². The summed E-state index contributed by atoms with van der Waals surface area (Å²) < 4.78 is 2.01. The predicted molar refractivity (Wildman–Crippen MR) is 116 cm³/mol. The predicted octanol–water partition coefficient (Wildman–Crippen LogP) is 3.76. The Morgan fingerprint density at radius 3 is 2.80 bits per heavy atom. The minimum absolute atomic E-state index is 0.0407. The highest BCUT2D eigenvalue weighted by atomic mass is 16.1. The van der Waals surface area contributed by atoms with Crippen LogP contribution >= 0.6 is 0 Å². The van der Waals surface area contributed by atoms with Crippen molar-refractivity contribution in [3.8, 4) is 0 Å². The van der Waals surface area contributed by atoms with Crippen molar-refractivity contribution in [1.82, 2.24) is 30.1 Å². The van der Waals surface area contributed by atoms with Crippen molar-refractivity contribution in [2.24, 2.45) is 5.92 Å². The van der Waals surface area contributed by atoms with E-state index in [1.54, 1.807) is 0 Å². The Balaban J connectivity index is 1.66. The summed E-state index contributed by atoms with van der Waals surface area (Å²) in [6.45, 7) is 6.23. The summed E-state index contributed by atoms with van der Waals surface area (Å²) in [5.41, 5.74) is 2.69. The number of aromatic nitrogens is 5. The van der Waals surface area contributed by atoms with Gasteiger partial charge in [0.15, 0.2) is 5.82 Å². The second kappa shape index (κ2) is 7.95. The molecule has 1 saturated carbocycles. The number of fused-ring (bicyclic) bond motifs is 1. The smallest absolute Gasteiger partial charge is 0.253 e. The second-order valence-electron chi connectivity index (χ2n) is 9.16. The molecule has 1 aromatic carbocycles. The van der Waals surface area contributed by atoms with Crippen LogP contribution in [0, 0.1) is 12.8 Å². The maximum atomic E-state index is 13.3. The molecule has 2 fully saturated rings. The van der Waals surface area contributed by atoms with Crippen LogP contribution in [-0.2, 0) is 0 Å². The summed E-state index contributed by atoms with van der Waals surface area (Å²) in [5, 5.41) is 14.0. The van der Waals surface area contributed by atoms with E-state index in [0.29, 0.717) is 12.0 Å². The Kier molecular flexibility index (Phi) is 5.15. The van der Waals surface area contributed by atoms with E-state index in [9.17, 15) is 4.79 Å². The van der Waals surface area contributed by atoms with E-state index in [2.05, 4.69) is 44.5 Å². The molecule has 30 heavy (non-hydrogen) atoms. The molecular formula is C23H30N6O.